The van der Waals surface area contributed by atoms with Gasteiger partial charge in [0.05, 0.1) is 5.41 Å². The van der Waals surface area contributed by atoms with Gasteiger partial charge >= 0.3 is 0 Å². The average molecular weight is 301 g/mol. The molecule has 0 atom stereocenters. The monoisotopic (exact) mass is 301 g/mol. The van der Waals surface area contributed by atoms with E-state index in [1.807, 2.05) is 25.1 Å². The first-order valence-corrected chi connectivity index (χ1v) is 7.98. The summed E-state index contributed by atoms with van der Waals surface area (Å²) in [6, 6.07) is 5.89. The number of hydrogen-bond donors (Lipinski definition) is 2. The van der Waals surface area contributed by atoms with E-state index < -0.39 is 0 Å². The van der Waals surface area contributed by atoms with Crippen molar-refractivity contribution in [3.8, 4) is 0 Å². The van der Waals surface area contributed by atoms with Crippen LogP contribution < -0.4 is 11.1 Å². The van der Waals surface area contributed by atoms with Gasteiger partial charge in [-0.1, -0.05) is 25.0 Å². The molecule has 1 aliphatic rings. The molecular weight excluding hydrogens is 278 g/mol. The quantitative estimate of drug-likeness (QED) is 0.888. The number of aromatic nitrogens is 1. The van der Waals surface area contributed by atoms with Crippen LogP contribution in [0.5, 0.6) is 0 Å². The topological polar surface area (TPSA) is 81.2 Å². The number of nitrogens with two attached hydrogens (primary N) is 1. The largest absolute Gasteiger partial charge is 0.441 e. The van der Waals surface area contributed by atoms with Crippen LogP contribution >= 0.6 is 0 Å². The maximum Gasteiger partial charge on any atom is 0.227 e. The standard InChI is InChI=1S/C17H23N3O2/c1-12-5-4-6-13-15(12)20-14(22-13)7-10-19-16(21)17(11-18)8-2-3-9-17/h4-6H,2-3,7-11,18H2,1H3,(H,19,21). The zero-order valence-corrected chi connectivity index (χ0v) is 13.0. The van der Waals surface area contributed by atoms with E-state index in [1.165, 1.54) is 0 Å². The van der Waals surface area contributed by atoms with Gasteiger partial charge in [0, 0.05) is 19.5 Å². The van der Waals surface area contributed by atoms with Crippen molar-refractivity contribution in [1.29, 1.82) is 0 Å². The van der Waals surface area contributed by atoms with Gasteiger partial charge in [0.1, 0.15) is 5.52 Å². The van der Waals surface area contributed by atoms with Crippen molar-refractivity contribution in [2.45, 2.75) is 39.0 Å². The fourth-order valence-corrected chi connectivity index (χ4v) is 3.29. The highest BCUT2D eigenvalue weighted by atomic mass is 16.3. The normalized spacial score (nSPS) is 17.0. The number of oxazole rings is 1. The summed E-state index contributed by atoms with van der Waals surface area (Å²) in [6.45, 7) is 2.98. The third-order valence-electron chi connectivity index (χ3n) is 4.72. The molecule has 0 spiro atoms. The third-order valence-corrected chi connectivity index (χ3v) is 4.72. The van der Waals surface area contributed by atoms with Crippen LogP contribution in [0, 0.1) is 12.3 Å². The van der Waals surface area contributed by atoms with Crippen molar-refractivity contribution in [1.82, 2.24) is 10.3 Å². The van der Waals surface area contributed by atoms with Crippen molar-refractivity contribution < 1.29 is 9.21 Å². The molecule has 1 amide bonds. The predicted molar refractivity (Wildman–Crippen MR) is 85.4 cm³/mol. The summed E-state index contributed by atoms with van der Waals surface area (Å²) >= 11 is 0. The summed E-state index contributed by atoms with van der Waals surface area (Å²) in [4.78, 5) is 16.9. The fraction of sp³-hybridized carbons (Fsp3) is 0.529. The Morgan fingerprint density at radius 1 is 1.41 bits per heavy atom. The Labute approximate surface area is 130 Å². The zero-order chi connectivity index (χ0) is 15.6. The van der Waals surface area contributed by atoms with E-state index >= 15 is 0 Å². The molecule has 2 aromatic rings. The van der Waals surface area contributed by atoms with Gasteiger partial charge in [-0.05, 0) is 31.4 Å². The van der Waals surface area contributed by atoms with Crippen LogP contribution in [0.15, 0.2) is 22.6 Å². The number of nitrogens with one attached hydrogen (secondary N) is 1. The van der Waals surface area contributed by atoms with Crippen LogP contribution in [0.4, 0.5) is 0 Å². The highest BCUT2D eigenvalue weighted by Crippen LogP contribution is 2.37. The van der Waals surface area contributed by atoms with Crippen LogP contribution in [-0.4, -0.2) is 24.0 Å². The molecule has 22 heavy (non-hydrogen) atoms. The van der Waals surface area contributed by atoms with Gasteiger partial charge in [-0.2, -0.15) is 0 Å². The zero-order valence-electron chi connectivity index (χ0n) is 13.0. The molecule has 3 rings (SSSR count). The summed E-state index contributed by atoms with van der Waals surface area (Å²) in [7, 11) is 0. The number of fused-ring (bicyclic) bond motifs is 1. The van der Waals surface area contributed by atoms with Gasteiger partial charge < -0.3 is 15.5 Å². The Morgan fingerprint density at radius 2 is 2.18 bits per heavy atom. The Bertz CT molecular complexity index is 672. The van der Waals surface area contributed by atoms with Crippen LogP contribution in [0.3, 0.4) is 0 Å². The van der Waals surface area contributed by atoms with E-state index in [0.717, 1.165) is 42.3 Å². The lowest BCUT2D eigenvalue weighted by atomic mass is 9.85. The van der Waals surface area contributed by atoms with Crippen LogP contribution in [-0.2, 0) is 11.2 Å². The summed E-state index contributed by atoms with van der Waals surface area (Å²) in [5, 5.41) is 3.00. The van der Waals surface area contributed by atoms with Crippen LogP contribution in [0.1, 0.15) is 37.1 Å². The number of benzene rings is 1. The molecule has 0 bridgehead atoms. The first-order chi connectivity index (χ1) is 10.6. The number of hydrogen-bond acceptors (Lipinski definition) is 4. The number of amides is 1. The molecule has 3 N–H and O–H groups in total. The SMILES string of the molecule is Cc1cccc2oc(CCNC(=O)C3(CN)CCCC3)nc12. The molecule has 5 heteroatoms. The highest BCUT2D eigenvalue weighted by molar-refractivity contribution is 5.83. The molecule has 0 aliphatic heterocycles. The smallest absolute Gasteiger partial charge is 0.227 e. The minimum Gasteiger partial charge on any atom is -0.441 e. The van der Waals surface area contributed by atoms with E-state index in [4.69, 9.17) is 10.2 Å². The maximum absolute atomic E-state index is 12.4. The van der Waals surface area contributed by atoms with Gasteiger partial charge in [0.15, 0.2) is 11.5 Å². The Hall–Kier alpha value is -1.88. The molecule has 0 radical (unpaired) electrons. The maximum atomic E-state index is 12.4. The van der Waals surface area contributed by atoms with E-state index in [2.05, 4.69) is 10.3 Å². The molecule has 1 fully saturated rings. The minimum absolute atomic E-state index is 0.0831. The molecular formula is C17H23N3O2. The lowest BCUT2D eigenvalue weighted by molar-refractivity contribution is -0.130. The average Bonchev–Trinajstić information content (AvgIpc) is 3.14. The predicted octanol–water partition coefficient (Wildman–Crippen LogP) is 2.31. The number of carbonyl (C=O) groups excluding carboxylic acids is 1. The van der Waals surface area contributed by atoms with E-state index in [-0.39, 0.29) is 11.3 Å². The molecule has 1 aromatic carbocycles. The molecule has 0 unspecified atom stereocenters. The van der Waals surface area contributed by atoms with E-state index in [0.29, 0.717) is 25.4 Å². The Balaban J connectivity index is 1.60. The third kappa shape index (κ3) is 2.73. The fourth-order valence-electron chi connectivity index (χ4n) is 3.29. The van der Waals surface area contributed by atoms with Crippen molar-refractivity contribution in [2.24, 2.45) is 11.1 Å². The highest BCUT2D eigenvalue weighted by Gasteiger charge is 2.39. The van der Waals surface area contributed by atoms with Gasteiger partial charge in [0.25, 0.3) is 0 Å². The van der Waals surface area contributed by atoms with Crippen molar-refractivity contribution in [2.75, 3.05) is 13.1 Å². The Morgan fingerprint density at radius 3 is 2.86 bits per heavy atom. The number of carbonyl (C=O) groups is 1. The first-order valence-electron chi connectivity index (χ1n) is 7.98. The number of aryl methyl sites for hydroxylation is 1. The molecule has 118 valence electrons. The second kappa shape index (κ2) is 6.08. The summed E-state index contributed by atoms with van der Waals surface area (Å²) in [6.07, 6.45) is 4.58. The van der Waals surface area contributed by atoms with Crippen molar-refractivity contribution in [3.63, 3.8) is 0 Å². The molecule has 1 aromatic heterocycles. The second-order valence-corrected chi connectivity index (χ2v) is 6.23. The van der Waals surface area contributed by atoms with Crippen molar-refractivity contribution in [3.05, 3.63) is 29.7 Å². The van der Waals surface area contributed by atoms with E-state index in [1.54, 1.807) is 0 Å². The lowest BCUT2D eigenvalue weighted by Gasteiger charge is -2.25. The number of nitrogens with zero attached hydrogens (tertiary/aromatic N) is 1. The summed E-state index contributed by atoms with van der Waals surface area (Å²) in [5.74, 6) is 0.748. The molecule has 0 saturated heterocycles. The summed E-state index contributed by atoms with van der Waals surface area (Å²) < 4.78 is 5.72. The number of rotatable bonds is 5. The first kappa shape index (κ1) is 15.0. The number of para-hydroxylation sites is 1. The lowest BCUT2D eigenvalue weighted by Crippen LogP contribution is -2.44. The van der Waals surface area contributed by atoms with Crippen LogP contribution in [0.25, 0.3) is 11.1 Å². The van der Waals surface area contributed by atoms with E-state index in [9.17, 15) is 4.79 Å². The second-order valence-electron chi connectivity index (χ2n) is 6.23. The van der Waals surface area contributed by atoms with Crippen LogP contribution in [0.2, 0.25) is 0 Å². The van der Waals surface area contributed by atoms with Gasteiger partial charge in [-0.3, -0.25) is 4.79 Å². The molecule has 1 aliphatic carbocycles. The molecule has 5 nitrogen and oxygen atoms in total. The molecule has 1 saturated carbocycles. The Kier molecular flexibility index (Phi) is 4.16. The van der Waals surface area contributed by atoms with Gasteiger partial charge in [-0.25, -0.2) is 4.98 Å². The summed E-state index contributed by atoms with van der Waals surface area (Å²) in [5.41, 5.74) is 8.28. The molecule has 1 heterocycles. The van der Waals surface area contributed by atoms with Gasteiger partial charge in [0.2, 0.25) is 5.91 Å². The van der Waals surface area contributed by atoms with Gasteiger partial charge in [-0.15, -0.1) is 0 Å². The minimum atomic E-state index is -0.349. The van der Waals surface area contributed by atoms with Crippen molar-refractivity contribution >= 4 is 17.0 Å².